The standard InChI is InChI=1S/C16H23N3O/c1-13(2)18-9-5-8-16(20)19(3)12-15-7-4-6-14(10-15)11-17/h4,6-7,10,13,18H,5,8-9,12H2,1-3H3. The summed E-state index contributed by atoms with van der Waals surface area (Å²) >= 11 is 0. The lowest BCUT2D eigenvalue weighted by Gasteiger charge is -2.17. The molecule has 1 N–H and O–H groups in total. The lowest BCUT2D eigenvalue weighted by atomic mass is 10.1. The van der Waals surface area contributed by atoms with E-state index >= 15 is 0 Å². The van der Waals surface area contributed by atoms with E-state index in [1.807, 2.05) is 18.2 Å². The molecule has 0 aliphatic carbocycles. The molecule has 1 rings (SSSR count). The largest absolute Gasteiger partial charge is 0.341 e. The summed E-state index contributed by atoms with van der Waals surface area (Å²) < 4.78 is 0. The molecule has 4 heteroatoms. The Balaban J connectivity index is 2.39. The van der Waals surface area contributed by atoms with E-state index in [0.717, 1.165) is 18.5 Å². The molecule has 0 fully saturated rings. The van der Waals surface area contributed by atoms with Crippen molar-refractivity contribution < 1.29 is 4.79 Å². The molecule has 0 heterocycles. The van der Waals surface area contributed by atoms with Crippen molar-refractivity contribution in [2.45, 2.75) is 39.3 Å². The minimum atomic E-state index is 0.137. The Bertz CT molecular complexity index is 477. The van der Waals surface area contributed by atoms with Gasteiger partial charge in [0.15, 0.2) is 0 Å². The molecule has 108 valence electrons. The summed E-state index contributed by atoms with van der Waals surface area (Å²) in [7, 11) is 1.80. The summed E-state index contributed by atoms with van der Waals surface area (Å²) in [5.74, 6) is 0.137. The molecule has 0 bridgehead atoms. The van der Waals surface area contributed by atoms with E-state index in [0.29, 0.717) is 24.6 Å². The van der Waals surface area contributed by atoms with Gasteiger partial charge in [-0.1, -0.05) is 26.0 Å². The third kappa shape index (κ3) is 5.85. The van der Waals surface area contributed by atoms with Gasteiger partial charge in [-0.15, -0.1) is 0 Å². The third-order valence-electron chi connectivity index (χ3n) is 3.02. The van der Waals surface area contributed by atoms with Crippen LogP contribution in [0.4, 0.5) is 0 Å². The van der Waals surface area contributed by atoms with Gasteiger partial charge in [0.05, 0.1) is 11.6 Å². The number of rotatable bonds is 7. The number of carbonyl (C=O) groups excluding carboxylic acids is 1. The van der Waals surface area contributed by atoms with Gasteiger partial charge < -0.3 is 10.2 Å². The molecular formula is C16H23N3O. The van der Waals surface area contributed by atoms with Crippen LogP contribution < -0.4 is 5.32 Å². The number of hydrogen-bond donors (Lipinski definition) is 1. The van der Waals surface area contributed by atoms with Crippen molar-refractivity contribution in [2.75, 3.05) is 13.6 Å². The van der Waals surface area contributed by atoms with Crippen LogP contribution in [0.3, 0.4) is 0 Å². The molecule has 0 radical (unpaired) electrons. The van der Waals surface area contributed by atoms with Gasteiger partial charge in [-0.25, -0.2) is 0 Å². The molecule has 0 spiro atoms. The summed E-state index contributed by atoms with van der Waals surface area (Å²) in [4.78, 5) is 13.7. The van der Waals surface area contributed by atoms with Crippen LogP contribution in [0.2, 0.25) is 0 Å². The van der Waals surface area contributed by atoms with Crippen LogP contribution in [-0.2, 0) is 11.3 Å². The lowest BCUT2D eigenvalue weighted by Crippen LogP contribution is -2.28. The van der Waals surface area contributed by atoms with E-state index < -0.39 is 0 Å². The number of nitrogens with one attached hydrogen (secondary N) is 1. The zero-order valence-electron chi connectivity index (χ0n) is 12.5. The highest BCUT2D eigenvalue weighted by Crippen LogP contribution is 2.08. The second-order valence-corrected chi connectivity index (χ2v) is 5.27. The van der Waals surface area contributed by atoms with E-state index in [-0.39, 0.29) is 5.91 Å². The first-order valence-corrected chi connectivity index (χ1v) is 6.99. The first kappa shape index (κ1) is 16.2. The summed E-state index contributed by atoms with van der Waals surface area (Å²) in [5.41, 5.74) is 1.62. The summed E-state index contributed by atoms with van der Waals surface area (Å²) in [6.45, 7) is 5.60. The van der Waals surface area contributed by atoms with Gasteiger partial charge in [-0.2, -0.15) is 5.26 Å². The molecule has 0 aliphatic heterocycles. The molecule has 20 heavy (non-hydrogen) atoms. The highest BCUT2D eigenvalue weighted by atomic mass is 16.2. The minimum absolute atomic E-state index is 0.137. The third-order valence-corrected chi connectivity index (χ3v) is 3.02. The fourth-order valence-corrected chi connectivity index (χ4v) is 1.92. The Morgan fingerprint density at radius 2 is 2.20 bits per heavy atom. The predicted molar refractivity (Wildman–Crippen MR) is 80.0 cm³/mol. The molecule has 4 nitrogen and oxygen atoms in total. The lowest BCUT2D eigenvalue weighted by molar-refractivity contribution is -0.130. The van der Waals surface area contributed by atoms with Gasteiger partial charge in [0.1, 0.15) is 0 Å². The number of nitriles is 1. The van der Waals surface area contributed by atoms with Crippen molar-refractivity contribution in [3.05, 3.63) is 35.4 Å². The van der Waals surface area contributed by atoms with Crippen molar-refractivity contribution in [3.63, 3.8) is 0 Å². The van der Waals surface area contributed by atoms with Gasteiger partial charge in [-0.05, 0) is 30.7 Å². The summed E-state index contributed by atoms with van der Waals surface area (Å²) in [5, 5.41) is 12.2. The monoisotopic (exact) mass is 273 g/mol. The highest BCUT2D eigenvalue weighted by molar-refractivity contribution is 5.75. The highest BCUT2D eigenvalue weighted by Gasteiger charge is 2.09. The quantitative estimate of drug-likeness (QED) is 0.776. The number of nitrogens with zero attached hydrogens (tertiary/aromatic N) is 2. The first-order chi connectivity index (χ1) is 9.52. The maximum atomic E-state index is 12.0. The Morgan fingerprint density at radius 1 is 1.45 bits per heavy atom. The molecule has 1 amide bonds. The van der Waals surface area contributed by atoms with Crippen molar-refractivity contribution in [1.82, 2.24) is 10.2 Å². The van der Waals surface area contributed by atoms with E-state index in [2.05, 4.69) is 25.2 Å². The molecule has 0 aliphatic rings. The Hall–Kier alpha value is -1.86. The van der Waals surface area contributed by atoms with Crippen LogP contribution in [0.5, 0.6) is 0 Å². The second-order valence-electron chi connectivity index (χ2n) is 5.27. The molecule has 0 saturated heterocycles. The SMILES string of the molecule is CC(C)NCCCC(=O)N(C)Cc1cccc(C#N)c1. The van der Waals surface area contributed by atoms with Crippen LogP contribution in [0.25, 0.3) is 0 Å². The Morgan fingerprint density at radius 3 is 2.85 bits per heavy atom. The van der Waals surface area contributed by atoms with Gasteiger partial charge in [-0.3, -0.25) is 4.79 Å². The number of carbonyl (C=O) groups is 1. The van der Waals surface area contributed by atoms with Crippen molar-refractivity contribution in [2.24, 2.45) is 0 Å². The zero-order valence-corrected chi connectivity index (χ0v) is 12.5. The molecule has 0 atom stereocenters. The molecular weight excluding hydrogens is 250 g/mol. The molecule has 0 aromatic heterocycles. The average Bonchev–Trinajstić information content (AvgIpc) is 2.43. The van der Waals surface area contributed by atoms with Crippen LogP contribution >= 0.6 is 0 Å². The molecule has 0 unspecified atom stereocenters. The fraction of sp³-hybridized carbons (Fsp3) is 0.500. The van der Waals surface area contributed by atoms with E-state index in [1.54, 1.807) is 18.0 Å². The predicted octanol–water partition coefficient (Wildman–Crippen LogP) is 2.29. The average molecular weight is 273 g/mol. The van der Waals surface area contributed by atoms with E-state index in [1.165, 1.54) is 0 Å². The number of benzene rings is 1. The van der Waals surface area contributed by atoms with Gasteiger partial charge in [0.25, 0.3) is 0 Å². The van der Waals surface area contributed by atoms with Gasteiger partial charge in [0.2, 0.25) is 5.91 Å². The zero-order chi connectivity index (χ0) is 15.0. The van der Waals surface area contributed by atoms with Crippen molar-refractivity contribution in [1.29, 1.82) is 5.26 Å². The topological polar surface area (TPSA) is 56.1 Å². The number of amides is 1. The smallest absolute Gasteiger partial charge is 0.222 e. The normalized spacial score (nSPS) is 10.3. The molecule has 1 aromatic rings. The minimum Gasteiger partial charge on any atom is -0.341 e. The Kier molecular flexibility index (Phi) is 6.75. The first-order valence-electron chi connectivity index (χ1n) is 6.99. The van der Waals surface area contributed by atoms with Crippen LogP contribution in [-0.4, -0.2) is 30.4 Å². The second kappa shape index (κ2) is 8.34. The van der Waals surface area contributed by atoms with E-state index in [9.17, 15) is 4.79 Å². The van der Waals surface area contributed by atoms with Crippen LogP contribution in [0.15, 0.2) is 24.3 Å². The fourth-order valence-electron chi connectivity index (χ4n) is 1.92. The summed E-state index contributed by atoms with van der Waals surface area (Å²) in [6.07, 6.45) is 1.40. The molecule has 0 saturated carbocycles. The van der Waals surface area contributed by atoms with Crippen LogP contribution in [0, 0.1) is 11.3 Å². The van der Waals surface area contributed by atoms with E-state index in [4.69, 9.17) is 5.26 Å². The maximum absolute atomic E-state index is 12.0. The Labute approximate surface area is 121 Å². The van der Waals surface area contributed by atoms with Gasteiger partial charge in [0, 0.05) is 26.1 Å². The molecule has 1 aromatic carbocycles. The van der Waals surface area contributed by atoms with Crippen LogP contribution in [0.1, 0.15) is 37.8 Å². The number of hydrogen-bond acceptors (Lipinski definition) is 3. The van der Waals surface area contributed by atoms with Gasteiger partial charge >= 0.3 is 0 Å². The van der Waals surface area contributed by atoms with Crippen molar-refractivity contribution >= 4 is 5.91 Å². The van der Waals surface area contributed by atoms with Crippen molar-refractivity contribution in [3.8, 4) is 6.07 Å². The summed E-state index contributed by atoms with van der Waals surface area (Å²) in [6, 6.07) is 9.94. The maximum Gasteiger partial charge on any atom is 0.222 e.